The predicted octanol–water partition coefficient (Wildman–Crippen LogP) is 5.29. The number of amidine groups is 1. The number of hydrogen-bond acceptors (Lipinski definition) is 3. The van der Waals surface area contributed by atoms with Crippen LogP contribution in [-0.2, 0) is 4.79 Å². The Labute approximate surface area is 151 Å². The Balaban J connectivity index is 1.65. The molecule has 0 aromatic heterocycles. The van der Waals surface area contributed by atoms with E-state index in [9.17, 15) is 4.79 Å². The van der Waals surface area contributed by atoms with Gasteiger partial charge in [0.05, 0.1) is 5.54 Å². The summed E-state index contributed by atoms with van der Waals surface area (Å²) in [6.45, 7) is 8.59. The molecule has 1 heterocycles. The molecule has 1 saturated heterocycles. The molecule has 1 aliphatic heterocycles. The van der Waals surface area contributed by atoms with E-state index in [0.29, 0.717) is 11.3 Å². The summed E-state index contributed by atoms with van der Waals surface area (Å²) >= 11 is 1.66. The fourth-order valence-electron chi connectivity index (χ4n) is 4.68. The van der Waals surface area contributed by atoms with E-state index < -0.39 is 0 Å². The summed E-state index contributed by atoms with van der Waals surface area (Å²) in [5, 5.41) is 3.96. The van der Waals surface area contributed by atoms with Crippen LogP contribution in [0.4, 0.5) is 0 Å². The number of rotatable bonds is 6. The number of hydrogen-bond donors (Lipinski definition) is 1. The van der Waals surface area contributed by atoms with Gasteiger partial charge >= 0.3 is 0 Å². The molecule has 0 radical (unpaired) electrons. The minimum atomic E-state index is -0.358. The molecule has 0 aromatic rings. The molecule has 1 N–H and O–H groups in total. The molecule has 4 heteroatoms. The Kier molecular flexibility index (Phi) is 5.07. The monoisotopic (exact) mass is 350 g/mol. The molecule has 4 rings (SSSR count). The maximum atomic E-state index is 12.4. The van der Waals surface area contributed by atoms with Crippen LogP contribution >= 0.6 is 11.8 Å². The molecule has 2 bridgehead atoms. The van der Waals surface area contributed by atoms with Gasteiger partial charge in [0.25, 0.3) is 0 Å². The van der Waals surface area contributed by atoms with E-state index >= 15 is 0 Å². The molecule has 1 unspecified atom stereocenters. The normalized spacial score (nSPS) is 40.5. The van der Waals surface area contributed by atoms with E-state index in [1.165, 1.54) is 64.2 Å². The van der Waals surface area contributed by atoms with Gasteiger partial charge in [-0.2, -0.15) is 0 Å². The summed E-state index contributed by atoms with van der Waals surface area (Å²) in [5.74, 6) is 0.454. The number of unbranched alkanes of at least 4 members (excludes halogenated alkanes) is 2. The molecule has 136 valence electrons. The minimum Gasteiger partial charge on any atom is -0.304 e. The molecule has 4 fully saturated rings. The topological polar surface area (TPSA) is 41.5 Å². The Morgan fingerprint density at radius 2 is 1.75 bits per heavy atom. The van der Waals surface area contributed by atoms with Gasteiger partial charge in [-0.05, 0) is 63.2 Å². The summed E-state index contributed by atoms with van der Waals surface area (Å²) in [7, 11) is 0. The minimum absolute atomic E-state index is 0.115. The van der Waals surface area contributed by atoms with Crippen molar-refractivity contribution in [3.05, 3.63) is 0 Å². The summed E-state index contributed by atoms with van der Waals surface area (Å²) in [5.41, 5.74) is 0.736. The molecule has 1 amide bonds. The van der Waals surface area contributed by atoms with Crippen LogP contribution in [0, 0.1) is 11.3 Å². The van der Waals surface area contributed by atoms with Crippen molar-refractivity contribution >= 4 is 22.8 Å². The van der Waals surface area contributed by atoms with Gasteiger partial charge in [-0.25, -0.2) is 0 Å². The van der Waals surface area contributed by atoms with Crippen molar-refractivity contribution in [2.45, 2.75) is 102 Å². The zero-order chi connectivity index (χ0) is 17.4. The van der Waals surface area contributed by atoms with Crippen molar-refractivity contribution in [1.82, 2.24) is 5.32 Å². The van der Waals surface area contributed by atoms with Gasteiger partial charge < -0.3 is 5.32 Å². The van der Waals surface area contributed by atoms with Gasteiger partial charge in [0.1, 0.15) is 4.75 Å². The van der Waals surface area contributed by atoms with Crippen molar-refractivity contribution in [3.63, 3.8) is 0 Å². The third-order valence-corrected chi connectivity index (χ3v) is 8.56. The zero-order valence-electron chi connectivity index (χ0n) is 15.9. The SMILES string of the molecule is CCCCCC12CCC(N=C3NC(=O)C(C)(C(C)C)S3)(CC1)CC2. The number of carbonyl (C=O) groups excluding carboxylic acids is 1. The van der Waals surface area contributed by atoms with Crippen molar-refractivity contribution < 1.29 is 4.79 Å². The number of fused-ring (bicyclic) bond motifs is 3. The van der Waals surface area contributed by atoms with Crippen LogP contribution in [0.3, 0.4) is 0 Å². The number of aliphatic imine (C=N–C) groups is 1. The first-order valence-corrected chi connectivity index (χ1v) is 10.8. The first kappa shape index (κ1) is 18.3. The van der Waals surface area contributed by atoms with Crippen molar-refractivity contribution in [1.29, 1.82) is 0 Å². The number of carbonyl (C=O) groups is 1. The van der Waals surface area contributed by atoms with Gasteiger partial charge in [0.15, 0.2) is 5.17 Å². The molecular weight excluding hydrogens is 316 g/mol. The van der Waals surface area contributed by atoms with Gasteiger partial charge in [0.2, 0.25) is 5.91 Å². The largest absolute Gasteiger partial charge is 0.304 e. The van der Waals surface area contributed by atoms with E-state index in [0.717, 1.165) is 5.17 Å². The quantitative estimate of drug-likeness (QED) is 0.661. The van der Waals surface area contributed by atoms with Gasteiger partial charge in [-0.1, -0.05) is 51.8 Å². The second-order valence-electron chi connectivity index (χ2n) is 8.92. The van der Waals surface area contributed by atoms with Crippen LogP contribution < -0.4 is 5.32 Å². The highest BCUT2D eigenvalue weighted by molar-refractivity contribution is 8.16. The van der Waals surface area contributed by atoms with E-state index in [-0.39, 0.29) is 16.2 Å². The Hall–Kier alpha value is -0.510. The third-order valence-electron chi connectivity index (χ3n) is 7.09. The standard InChI is InChI=1S/C20H34N2OS/c1-5-6-7-8-19-9-12-20(13-10-19,14-11-19)22-17-21-16(23)18(4,24-17)15(2)3/h15H,5-14H2,1-4H3,(H,21,22,23). The first-order chi connectivity index (χ1) is 11.3. The molecule has 4 aliphatic rings. The van der Waals surface area contributed by atoms with E-state index in [2.05, 4.69) is 33.0 Å². The Bertz CT molecular complexity index is 503. The van der Waals surface area contributed by atoms with Crippen molar-refractivity contribution in [2.24, 2.45) is 16.3 Å². The highest BCUT2D eigenvalue weighted by Crippen LogP contribution is 2.56. The van der Waals surface area contributed by atoms with E-state index in [1.807, 2.05) is 0 Å². The molecule has 0 aromatic carbocycles. The molecule has 3 saturated carbocycles. The second-order valence-corrected chi connectivity index (χ2v) is 10.4. The zero-order valence-corrected chi connectivity index (χ0v) is 16.7. The van der Waals surface area contributed by atoms with Crippen LogP contribution in [0.1, 0.15) is 91.9 Å². The number of thioether (sulfide) groups is 1. The number of nitrogens with one attached hydrogen (secondary N) is 1. The lowest BCUT2D eigenvalue weighted by Crippen LogP contribution is -2.45. The molecule has 0 spiro atoms. The summed E-state index contributed by atoms with van der Waals surface area (Å²) in [4.78, 5) is 17.5. The summed E-state index contributed by atoms with van der Waals surface area (Å²) in [6, 6.07) is 0. The summed E-state index contributed by atoms with van der Waals surface area (Å²) < 4.78 is -0.358. The van der Waals surface area contributed by atoms with Crippen LogP contribution in [0.2, 0.25) is 0 Å². The average molecular weight is 351 g/mol. The smallest absolute Gasteiger partial charge is 0.242 e. The average Bonchev–Trinajstić information content (AvgIpc) is 2.84. The maximum absolute atomic E-state index is 12.4. The van der Waals surface area contributed by atoms with E-state index in [1.54, 1.807) is 11.8 Å². The van der Waals surface area contributed by atoms with Gasteiger partial charge in [-0.15, -0.1) is 0 Å². The lowest BCUT2D eigenvalue weighted by molar-refractivity contribution is -0.122. The molecule has 3 nitrogen and oxygen atoms in total. The lowest BCUT2D eigenvalue weighted by atomic mass is 9.56. The van der Waals surface area contributed by atoms with Crippen molar-refractivity contribution in [3.8, 4) is 0 Å². The fourth-order valence-corrected chi connectivity index (χ4v) is 5.84. The van der Waals surface area contributed by atoms with Crippen LogP contribution in [0.5, 0.6) is 0 Å². The molecular formula is C20H34N2OS. The van der Waals surface area contributed by atoms with Crippen LogP contribution in [0.25, 0.3) is 0 Å². The highest BCUT2D eigenvalue weighted by Gasteiger charge is 2.50. The number of nitrogens with zero attached hydrogens (tertiary/aromatic N) is 1. The maximum Gasteiger partial charge on any atom is 0.242 e. The van der Waals surface area contributed by atoms with Crippen LogP contribution in [0.15, 0.2) is 4.99 Å². The first-order valence-electron chi connectivity index (χ1n) is 9.93. The Morgan fingerprint density at radius 3 is 2.25 bits per heavy atom. The number of amides is 1. The fraction of sp³-hybridized carbons (Fsp3) is 0.900. The molecule has 1 atom stereocenters. The highest BCUT2D eigenvalue weighted by atomic mass is 32.2. The predicted molar refractivity (Wildman–Crippen MR) is 103 cm³/mol. The third kappa shape index (κ3) is 3.27. The lowest BCUT2D eigenvalue weighted by Gasteiger charge is -2.52. The second kappa shape index (κ2) is 6.66. The van der Waals surface area contributed by atoms with E-state index in [4.69, 9.17) is 4.99 Å². The van der Waals surface area contributed by atoms with Crippen LogP contribution in [-0.4, -0.2) is 21.4 Å². The van der Waals surface area contributed by atoms with Crippen molar-refractivity contribution in [2.75, 3.05) is 0 Å². The van der Waals surface area contributed by atoms with Gasteiger partial charge in [0, 0.05) is 0 Å². The molecule has 3 aliphatic carbocycles. The summed E-state index contributed by atoms with van der Waals surface area (Å²) in [6.07, 6.45) is 13.2. The molecule has 24 heavy (non-hydrogen) atoms. The van der Waals surface area contributed by atoms with Gasteiger partial charge in [-0.3, -0.25) is 9.79 Å². The Morgan fingerprint density at radius 1 is 1.12 bits per heavy atom.